The van der Waals surface area contributed by atoms with Gasteiger partial charge in [0.1, 0.15) is 0 Å². The quantitative estimate of drug-likeness (QED) is 0.419. The zero-order valence-corrected chi connectivity index (χ0v) is 13.7. The van der Waals surface area contributed by atoms with Gasteiger partial charge in [0, 0.05) is 0 Å². The molecule has 3 rings (SSSR count). The lowest BCUT2D eigenvalue weighted by atomic mass is 10.4. The Kier molecular flexibility index (Phi) is 6.58. The lowest BCUT2D eigenvalue weighted by Gasteiger charge is -2.18. The van der Waals surface area contributed by atoms with Crippen molar-refractivity contribution in [1.29, 1.82) is 5.26 Å². The minimum Gasteiger partial charge on any atom is -0.696 e. The third-order valence-corrected chi connectivity index (χ3v) is 5.49. The minimum absolute atomic E-state index is 0.446. The highest BCUT2D eigenvalue weighted by Crippen LogP contribution is 2.32. The number of thiocyanates is 1. The fraction of sp³-hybridized carbons (Fsp3) is 0. The average molecular weight is 320 g/mol. The lowest BCUT2D eigenvalue weighted by molar-refractivity contribution is 1.57. The van der Waals surface area contributed by atoms with Gasteiger partial charge in [0.25, 0.3) is 0 Å². The van der Waals surface area contributed by atoms with E-state index in [-0.39, 0.29) is 0 Å². The Balaban J connectivity index is 0.000000545. The molecule has 22 heavy (non-hydrogen) atoms. The molecule has 3 aromatic carbocycles. The molecule has 0 bridgehead atoms. The molecule has 0 saturated carbocycles. The Bertz CT molecular complexity index is 615. The van der Waals surface area contributed by atoms with Crippen LogP contribution in [0.25, 0.3) is 0 Å². The van der Waals surface area contributed by atoms with Crippen LogP contribution in [0.1, 0.15) is 0 Å². The Morgan fingerprint density at radius 2 is 0.818 bits per heavy atom. The van der Waals surface area contributed by atoms with Crippen LogP contribution in [0.3, 0.4) is 0 Å². The normalized spacial score (nSPS) is 9.45. The number of hydrogen-bond donors (Lipinski definition) is 0. The van der Waals surface area contributed by atoms with E-state index in [1.807, 2.05) is 0 Å². The Labute approximate surface area is 138 Å². The summed E-state index contributed by atoms with van der Waals surface area (Å²) in [6.45, 7) is 0. The summed E-state index contributed by atoms with van der Waals surface area (Å²) in [5.41, 5.74) is 0. The first kappa shape index (κ1) is 16.2. The third kappa shape index (κ3) is 4.40. The number of rotatable bonds is 3. The number of nitriles is 1. The van der Waals surface area contributed by atoms with Gasteiger partial charge in [-0.15, -0.1) is 0 Å². The molecule has 0 saturated heterocycles. The molecule has 0 aliphatic heterocycles. The number of nitrogens with zero attached hydrogens (tertiary/aromatic N) is 1. The summed E-state index contributed by atoms with van der Waals surface area (Å²) in [6, 6.07) is 32.3. The van der Waals surface area contributed by atoms with Gasteiger partial charge in [0.2, 0.25) is 0 Å². The Hall–Kier alpha value is -2.20. The molecule has 3 aromatic rings. The van der Waals surface area contributed by atoms with E-state index in [0.29, 0.717) is 0 Å². The Morgan fingerprint density at radius 3 is 1.05 bits per heavy atom. The summed E-state index contributed by atoms with van der Waals surface area (Å²) < 4.78 is 0. The van der Waals surface area contributed by atoms with Crippen LogP contribution in [-0.4, -0.2) is 0 Å². The highest BCUT2D eigenvalue weighted by Gasteiger charge is 2.14. The third-order valence-electron chi connectivity index (χ3n) is 3.04. The molecule has 0 radical (unpaired) electrons. The van der Waals surface area contributed by atoms with Gasteiger partial charge < -0.3 is 12.6 Å². The maximum atomic E-state index is 7.13. The zero-order chi connectivity index (χ0) is 15.6. The van der Waals surface area contributed by atoms with Crippen LogP contribution in [0.4, 0.5) is 0 Å². The van der Waals surface area contributed by atoms with Crippen molar-refractivity contribution in [1.82, 2.24) is 0 Å². The van der Waals surface area contributed by atoms with Crippen molar-refractivity contribution < 1.29 is 0 Å². The van der Waals surface area contributed by atoms with Gasteiger partial charge in [-0.1, -0.05) is 96.4 Å². The van der Waals surface area contributed by atoms with Crippen molar-refractivity contribution in [2.75, 3.05) is 0 Å². The standard InChI is InChI=1S/C18H15P.CHNS/c1-4-10-16(11-5-1)19(17-12-6-2-7-13-17)18-14-8-3-9-15-18;2-1-3/h1-15H;3H/p-1. The number of benzene rings is 3. The Morgan fingerprint density at radius 1 is 0.591 bits per heavy atom. The average Bonchev–Trinajstić information content (AvgIpc) is 2.59. The molecule has 0 aliphatic carbocycles. The van der Waals surface area contributed by atoms with Crippen LogP contribution in [-0.2, 0) is 12.6 Å². The molecule has 0 aromatic heterocycles. The van der Waals surface area contributed by atoms with Crippen LogP contribution in [0.5, 0.6) is 0 Å². The smallest absolute Gasteiger partial charge is 0.0134 e. The zero-order valence-electron chi connectivity index (χ0n) is 12.0. The second-order valence-corrected chi connectivity index (χ2v) is 6.84. The summed E-state index contributed by atoms with van der Waals surface area (Å²) in [5.74, 6) is 0. The monoisotopic (exact) mass is 320 g/mol. The highest BCUT2D eigenvalue weighted by molar-refractivity contribution is 7.79. The molecule has 0 atom stereocenters. The molecule has 0 aliphatic rings. The molecule has 0 unspecified atom stereocenters. The maximum Gasteiger partial charge on any atom is -0.0134 e. The molecule has 108 valence electrons. The first-order chi connectivity index (χ1) is 10.9. The van der Waals surface area contributed by atoms with Gasteiger partial charge in [-0.3, -0.25) is 0 Å². The van der Waals surface area contributed by atoms with Crippen LogP contribution in [0, 0.1) is 10.7 Å². The van der Waals surface area contributed by atoms with E-state index in [9.17, 15) is 0 Å². The molecule has 0 N–H and O–H groups in total. The summed E-state index contributed by atoms with van der Waals surface area (Å²) >= 11 is 3.70. The van der Waals surface area contributed by atoms with E-state index in [1.54, 1.807) is 0 Å². The van der Waals surface area contributed by atoms with Gasteiger partial charge in [-0.2, -0.15) is 0 Å². The molecule has 0 spiro atoms. The SMILES string of the molecule is N#C[S-].c1ccc(P(c2ccccc2)c2ccccc2)cc1. The van der Waals surface area contributed by atoms with E-state index >= 15 is 0 Å². The van der Waals surface area contributed by atoms with Crippen LogP contribution >= 0.6 is 7.92 Å². The molecular formula is C19H15NPS-. The maximum absolute atomic E-state index is 7.13. The van der Waals surface area contributed by atoms with Gasteiger partial charge in [0.05, 0.1) is 0 Å². The second-order valence-electron chi connectivity index (χ2n) is 4.43. The summed E-state index contributed by atoms with van der Waals surface area (Å²) in [4.78, 5) is 0. The van der Waals surface area contributed by atoms with Gasteiger partial charge in [0.15, 0.2) is 0 Å². The fourth-order valence-corrected chi connectivity index (χ4v) is 4.48. The van der Waals surface area contributed by atoms with Crippen LogP contribution in [0.15, 0.2) is 91.0 Å². The predicted octanol–water partition coefficient (Wildman–Crippen LogP) is 3.46. The fourth-order valence-electron chi connectivity index (χ4n) is 2.18. The predicted molar refractivity (Wildman–Crippen MR) is 98.1 cm³/mol. The highest BCUT2D eigenvalue weighted by atomic mass is 32.1. The molecule has 1 nitrogen and oxygen atoms in total. The van der Waals surface area contributed by atoms with Crippen LogP contribution in [0.2, 0.25) is 0 Å². The van der Waals surface area contributed by atoms with Crippen molar-refractivity contribution in [2.24, 2.45) is 0 Å². The lowest BCUT2D eigenvalue weighted by Crippen LogP contribution is -2.20. The van der Waals surface area contributed by atoms with Gasteiger partial charge >= 0.3 is 0 Å². The van der Waals surface area contributed by atoms with Crippen molar-refractivity contribution in [2.45, 2.75) is 0 Å². The second kappa shape index (κ2) is 8.95. The first-order valence-electron chi connectivity index (χ1n) is 6.83. The van der Waals surface area contributed by atoms with Crippen LogP contribution < -0.4 is 15.9 Å². The largest absolute Gasteiger partial charge is 0.696 e. The van der Waals surface area contributed by atoms with Crippen molar-refractivity contribution in [3.63, 3.8) is 0 Å². The summed E-state index contributed by atoms with van der Waals surface area (Å²) in [6.07, 6.45) is 0. The van der Waals surface area contributed by atoms with E-state index in [1.165, 1.54) is 21.3 Å². The van der Waals surface area contributed by atoms with Crippen molar-refractivity contribution in [3.8, 4) is 5.40 Å². The molecule has 0 heterocycles. The molecule has 3 heteroatoms. The molecule has 0 fully saturated rings. The van der Waals surface area contributed by atoms with E-state index < -0.39 is 7.92 Å². The number of hydrogen-bond acceptors (Lipinski definition) is 2. The minimum atomic E-state index is -0.446. The van der Waals surface area contributed by atoms with E-state index in [2.05, 4.69) is 104 Å². The topological polar surface area (TPSA) is 23.8 Å². The molecular weight excluding hydrogens is 305 g/mol. The van der Waals surface area contributed by atoms with Gasteiger partial charge in [-0.25, -0.2) is 5.26 Å². The van der Waals surface area contributed by atoms with Gasteiger partial charge in [-0.05, 0) is 23.8 Å². The van der Waals surface area contributed by atoms with Crippen molar-refractivity contribution >= 4 is 36.5 Å². The summed E-state index contributed by atoms with van der Waals surface area (Å²) in [5, 5.41) is 12.7. The van der Waals surface area contributed by atoms with E-state index in [0.717, 1.165) is 0 Å². The van der Waals surface area contributed by atoms with Crippen molar-refractivity contribution in [3.05, 3.63) is 91.0 Å². The summed E-state index contributed by atoms with van der Waals surface area (Å²) in [7, 11) is -0.446. The first-order valence-corrected chi connectivity index (χ1v) is 8.58. The van der Waals surface area contributed by atoms with E-state index in [4.69, 9.17) is 5.26 Å². The molecule has 0 amide bonds.